The number of aryl methyl sites for hydroxylation is 1. The van der Waals surface area contributed by atoms with E-state index in [4.69, 9.17) is 4.52 Å². The molecule has 0 aliphatic rings. The Morgan fingerprint density at radius 3 is 3.04 bits per heavy atom. The van der Waals surface area contributed by atoms with Gasteiger partial charge in [-0.15, -0.1) is 16.8 Å². The second kappa shape index (κ2) is 8.68. The van der Waals surface area contributed by atoms with Crippen LogP contribution >= 0.6 is 23.1 Å². The fourth-order valence-electron chi connectivity index (χ4n) is 1.75. The number of amides is 1. The van der Waals surface area contributed by atoms with Crippen LogP contribution in [0.15, 0.2) is 27.6 Å². The smallest absolute Gasteiger partial charge is 0.239 e. The van der Waals surface area contributed by atoms with Crippen LogP contribution in [0.5, 0.6) is 0 Å². The maximum Gasteiger partial charge on any atom is 0.239 e. The summed E-state index contributed by atoms with van der Waals surface area (Å²) in [5.41, 5.74) is 0. The van der Waals surface area contributed by atoms with Crippen LogP contribution in [0.3, 0.4) is 0 Å². The van der Waals surface area contributed by atoms with Crippen LogP contribution in [-0.2, 0) is 4.79 Å². The van der Waals surface area contributed by atoms with Crippen molar-refractivity contribution in [2.45, 2.75) is 36.3 Å². The Kier molecular flexibility index (Phi) is 6.60. The van der Waals surface area contributed by atoms with Gasteiger partial charge in [-0.2, -0.15) is 0 Å². The first-order valence-electron chi connectivity index (χ1n) is 7.21. The Bertz CT molecular complexity index is 655. The van der Waals surface area contributed by atoms with Crippen LogP contribution in [0.25, 0.3) is 0 Å². The third-order valence-electron chi connectivity index (χ3n) is 2.77. The summed E-state index contributed by atoms with van der Waals surface area (Å²) in [7, 11) is 0. The predicted octanol–water partition coefficient (Wildman–Crippen LogP) is 3.33. The quantitative estimate of drug-likeness (QED) is 0.527. The molecule has 0 radical (unpaired) electrons. The summed E-state index contributed by atoms with van der Waals surface area (Å²) in [6.07, 6.45) is 3.38. The Morgan fingerprint density at radius 1 is 1.57 bits per heavy atom. The lowest BCUT2D eigenvalue weighted by Gasteiger charge is -2.12. The number of nitrogens with zero attached hydrogens (tertiary/aromatic N) is 3. The minimum Gasteiger partial charge on any atom is -0.360 e. The maximum absolute atomic E-state index is 12.4. The molecular weight excluding hydrogens is 334 g/mol. The molecule has 0 saturated heterocycles. The van der Waals surface area contributed by atoms with Gasteiger partial charge in [0.2, 0.25) is 11.0 Å². The number of aromatic nitrogens is 3. The molecule has 7 nitrogen and oxygen atoms in total. The number of rotatable bonds is 9. The normalized spacial score (nSPS) is 11.9. The zero-order chi connectivity index (χ0) is 16.7. The number of carbonyl (C=O) groups excluding carboxylic acids is 1. The number of hydrogen-bond acceptors (Lipinski definition) is 8. The van der Waals surface area contributed by atoms with Gasteiger partial charge in [0.15, 0.2) is 10.2 Å². The molecule has 0 bridgehead atoms. The highest BCUT2D eigenvalue weighted by molar-refractivity contribution is 8.02. The Labute approximate surface area is 142 Å². The summed E-state index contributed by atoms with van der Waals surface area (Å²) in [6.45, 7) is 8.09. The van der Waals surface area contributed by atoms with Crippen LogP contribution in [0.4, 0.5) is 10.9 Å². The van der Waals surface area contributed by atoms with E-state index in [1.54, 1.807) is 19.1 Å². The highest BCUT2D eigenvalue weighted by atomic mass is 32.2. The van der Waals surface area contributed by atoms with E-state index in [0.717, 1.165) is 22.3 Å². The van der Waals surface area contributed by atoms with Crippen LogP contribution in [0.1, 0.15) is 25.5 Å². The zero-order valence-corrected chi connectivity index (χ0v) is 14.7. The summed E-state index contributed by atoms with van der Waals surface area (Å²) in [4.78, 5) is 12.4. The van der Waals surface area contributed by atoms with Crippen molar-refractivity contribution in [3.05, 3.63) is 24.5 Å². The molecule has 9 heteroatoms. The van der Waals surface area contributed by atoms with Crippen molar-refractivity contribution in [2.75, 3.05) is 17.2 Å². The molecule has 124 valence electrons. The first-order valence-corrected chi connectivity index (χ1v) is 8.91. The van der Waals surface area contributed by atoms with Crippen LogP contribution < -0.4 is 10.6 Å². The van der Waals surface area contributed by atoms with Gasteiger partial charge in [0, 0.05) is 12.6 Å². The fraction of sp³-hybridized carbons (Fsp3) is 0.429. The molecule has 0 saturated carbocycles. The molecule has 0 aliphatic heterocycles. The number of anilines is 2. The maximum atomic E-state index is 12.4. The third-order valence-corrected chi connectivity index (χ3v) is 5.00. The SMILES string of the molecule is C=CCNc1nnc(SC(CCC)C(=O)Nc2cc(C)on2)s1. The van der Waals surface area contributed by atoms with Gasteiger partial charge in [0.25, 0.3) is 0 Å². The van der Waals surface area contributed by atoms with E-state index in [2.05, 4.69) is 32.6 Å². The third kappa shape index (κ3) is 5.36. The highest BCUT2D eigenvalue weighted by Gasteiger charge is 2.22. The molecule has 2 aromatic rings. The van der Waals surface area contributed by atoms with E-state index in [1.165, 1.54) is 23.1 Å². The average Bonchev–Trinajstić information content (AvgIpc) is 3.14. The van der Waals surface area contributed by atoms with E-state index in [-0.39, 0.29) is 11.2 Å². The van der Waals surface area contributed by atoms with Gasteiger partial charge in [0.1, 0.15) is 5.76 Å². The Hall–Kier alpha value is -1.87. The van der Waals surface area contributed by atoms with Gasteiger partial charge >= 0.3 is 0 Å². The van der Waals surface area contributed by atoms with Crippen molar-refractivity contribution in [2.24, 2.45) is 0 Å². The lowest BCUT2D eigenvalue weighted by Crippen LogP contribution is -2.25. The second-order valence-corrected chi connectivity index (χ2v) is 7.18. The van der Waals surface area contributed by atoms with E-state index in [9.17, 15) is 4.79 Å². The lowest BCUT2D eigenvalue weighted by molar-refractivity contribution is -0.115. The van der Waals surface area contributed by atoms with E-state index < -0.39 is 0 Å². The minimum absolute atomic E-state index is 0.110. The molecule has 2 aromatic heterocycles. The van der Waals surface area contributed by atoms with Gasteiger partial charge < -0.3 is 15.2 Å². The molecule has 2 rings (SSSR count). The van der Waals surface area contributed by atoms with Crippen LogP contribution in [-0.4, -0.2) is 33.1 Å². The van der Waals surface area contributed by atoms with Crippen molar-refractivity contribution in [3.8, 4) is 0 Å². The molecular formula is C14H19N5O2S2. The van der Waals surface area contributed by atoms with Crippen LogP contribution in [0.2, 0.25) is 0 Å². The summed E-state index contributed by atoms with van der Waals surface area (Å²) in [5, 5.41) is 18.3. The van der Waals surface area contributed by atoms with E-state index >= 15 is 0 Å². The summed E-state index contributed by atoms with van der Waals surface area (Å²) in [6, 6.07) is 1.69. The molecule has 0 spiro atoms. The standard InChI is InChI=1S/C14H19N5O2S2/c1-4-6-10(12(20)16-11-8-9(3)21-19-11)22-14-18-17-13(23-14)15-7-5-2/h5,8,10H,2,4,6-7H2,1,3H3,(H,15,17)(H,16,19,20). The Morgan fingerprint density at radius 2 is 2.39 bits per heavy atom. The van der Waals surface area contributed by atoms with Crippen molar-refractivity contribution in [1.82, 2.24) is 15.4 Å². The van der Waals surface area contributed by atoms with Gasteiger partial charge in [0.05, 0.1) is 5.25 Å². The average molecular weight is 353 g/mol. The Balaban J connectivity index is 1.98. The fourth-order valence-corrected chi connectivity index (χ4v) is 3.86. The number of nitrogens with one attached hydrogen (secondary N) is 2. The van der Waals surface area contributed by atoms with Crippen LogP contribution in [0, 0.1) is 6.92 Å². The first kappa shape index (κ1) is 17.5. The molecule has 1 atom stereocenters. The molecule has 23 heavy (non-hydrogen) atoms. The predicted molar refractivity (Wildman–Crippen MR) is 93.0 cm³/mol. The molecule has 0 aliphatic carbocycles. The van der Waals surface area contributed by atoms with Crippen molar-refractivity contribution in [1.29, 1.82) is 0 Å². The van der Waals surface area contributed by atoms with Gasteiger partial charge in [-0.1, -0.05) is 47.7 Å². The zero-order valence-electron chi connectivity index (χ0n) is 13.0. The summed E-state index contributed by atoms with van der Waals surface area (Å²) < 4.78 is 5.71. The van der Waals surface area contributed by atoms with Crippen molar-refractivity contribution in [3.63, 3.8) is 0 Å². The molecule has 0 fully saturated rings. The molecule has 1 amide bonds. The largest absolute Gasteiger partial charge is 0.360 e. The lowest BCUT2D eigenvalue weighted by atomic mass is 10.2. The van der Waals surface area contributed by atoms with E-state index in [1.807, 2.05) is 6.92 Å². The number of carbonyl (C=O) groups is 1. The minimum atomic E-state index is -0.253. The summed E-state index contributed by atoms with van der Waals surface area (Å²) >= 11 is 2.83. The van der Waals surface area contributed by atoms with Crippen molar-refractivity contribution < 1.29 is 9.32 Å². The van der Waals surface area contributed by atoms with Crippen molar-refractivity contribution >= 4 is 40.0 Å². The van der Waals surface area contributed by atoms with Gasteiger partial charge in [-0.05, 0) is 13.3 Å². The monoisotopic (exact) mass is 353 g/mol. The van der Waals surface area contributed by atoms with Gasteiger partial charge in [-0.25, -0.2) is 0 Å². The number of thioether (sulfide) groups is 1. The second-order valence-electron chi connectivity index (χ2n) is 4.75. The molecule has 2 heterocycles. The van der Waals surface area contributed by atoms with Gasteiger partial charge in [-0.3, -0.25) is 4.79 Å². The van der Waals surface area contributed by atoms with E-state index in [0.29, 0.717) is 18.1 Å². The highest BCUT2D eigenvalue weighted by Crippen LogP contribution is 2.31. The topological polar surface area (TPSA) is 92.9 Å². The first-order chi connectivity index (χ1) is 11.1. The molecule has 0 aromatic carbocycles. The summed E-state index contributed by atoms with van der Waals surface area (Å²) in [5.74, 6) is 0.975. The number of hydrogen-bond donors (Lipinski definition) is 2. The molecule has 1 unspecified atom stereocenters. The molecule has 2 N–H and O–H groups in total.